The number of aromatic hydroxyl groups is 1. The van der Waals surface area contributed by atoms with Gasteiger partial charge in [0.1, 0.15) is 11.4 Å². The highest BCUT2D eigenvalue weighted by atomic mass is 16.3. The van der Waals surface area contributed by atoms with E-state index in [0.717, 1.165) is 36.1 Å². The number of phenolic OH excluding ortho intramolecular Hbond substituents is 1. The lowest BCUT2D eigenvalue weighted by atomic mass is 10.1. The quantitative estimate of drug-likeness (QED) is 0.579. The molecular formula is C21H23N3O. The van der Waals surface area contributed by atoms with Gasteiger partial charge in [-0.2, -0.15) is 5.11 Å². The number of benzene rings is 3. The van der Waals surface area contributed by atoms with Crippen LogP contribution in [0.4, 0.5) is 11.4 Å². The van der Waals surface area contributed by atoms with Crippen LogP contribution in [0.25, 0.3) is 10.8 Å². The van der Waals surface area contributed by atoms with E-state index < -0.39 is 0 Å². The first-order valence-corrected chi connectivity index (χ1v) is 8.65. The Hall–Kier alpha value is -2.72. The highest BCUT2D eigenvalue weighted by Crippen LogP contribution is 2.35. The molecule has 0 heterocycles. The van der Waals surface area contributed by atoms with Gasteiger partial charge in [-0.05, 0) is 42.2 Å². The number of hydrogen-bond acceptors (Lipinski definition) is 4. The Balaban J connectivity index is 1.82. The van der Waals surface area contributed by atoms with E-state index in [0.29, 0.717) is 5.69 Å². The van der Waals surface area contributed by atoms with Crippen LogP contribution in [-0.2, 0) is 6.54 Å². The summed E-state index contributed by atoms with van der Waals surface area (Å²) in [4.78, 5) is 2.37. The third-order valence-electron chi connectivity index (χ3n) is 4.38. The molecule has 0 saturated heterocycles. The molecule has 0 unspecified atom stereocenters. The molecule has 25 heavy (non-hydrogen) atoms. The Morgan fingerprint density at radius 1 is 0.840 bits per heavy atom. The number of nitrogens with zero attached hydrogens (tertiary/aromatic N) is 3. The van der Waals surface area contributed by atoms with E-state index in [1.54, 1.807) is 6.07 Å². The SMILES string of the molecule is CCN(CC)Cc1ccc(N=Nc2c(O)ccc3ccccc23)cc1. The average molecular weight is 333 g/mol. The van der Waals surface area contributed by atoms with Crippen molar-refractivity contribution in [3.8, 4) is 5.75 Å². The topological polar surface area (TPSA) is 48.2 Å². The predicted octanol–water partition coefficient (Wildman–Crippen LogP) is 5.80. The van der Waals surface area contributed by atoms with E-state index in [1.807, 2.05) is 42.5 Å². The van der Waals surface area contributed by atoms with Gasteiger partial charge in [0.2, 0.25) is 0 Å². The van der Waals surface area contributed by atoms with Crippen molar-refractivity contribution < 1.29 is 5.11 Å². The summed E-state index contributed by atoms with van der Waals surface area (Å²) < 4.78 is 0. The fraction of sp³-hybridized carbons (Fsp3) is 0.238. The van der Waals surface area contributed by atoms with Crippen LogP contribution in [-0.4, -0.2) is 23.1 Å². The van der Waals surface area contributed by atoms with Gasteiger partial charge in [0.05, 0.1) is 5.69 Å². The summed E-state index contributed by atoms with van der Waals surface area (Å²) in [7, 11) is 0. The monoisotopic (exact) mass is 333 g/mol. The van der Waals surface area contributed by atoms with Crippen molar-refractivity contribution in [2.24, 2.45) is 10.2 Å². The molecule has 0 fully saturated rings. The van der Waals surface area contributed by atoms with Crippen LogP contribution in [0, 0.1) is 0 Å². The molecule has 3 rings (SSSR count). The van der Waals surface area contributed by atoms with E-state index in [2.05, 4.69) is 41.1 Å². The van der Waals surface area contributed by atoms with Gasteiger partial charge in [-0.3, -0.25) is 4.90 Å². The predicted molar refractivity (Wildman–Crippen MR) is 103 cm³/mol. The molecule has 0 saturated carbocycles. The molecule has 0 aliphatic rings. The second-order valence-electron chi connectivity index (χ2n) is 5.98. The number of phenols is 1. The zero-order valence-electron chi connectivity index (χ0n) is 14.7. The molecule has 0 aromatic heterocycles. The van der Waals surface area contributed by atoms with E-state index in [-0.39, 0.29) is 5.75 Å². The van der Waals surface area contributed by atoms with E-state index >= 15 is 0 Å². The molecule has 0 spiro atoms. The fourth-order valence-electron chi connectivity index (χ4n) is 2.83. The summed E-state index contributed by atoms with van der Waals surface area (Å²) in [6.45, 7) is 7.36. The van der Waals surface area contributed by atoms with Gasteiger partial charge < -0.3 is 5.11 Å². The van der Waals surface area contributed by atoms with Crippen molar-refractivity contribution in [2.45, 2.75) is 20.4 Å². The standard InChI is InChI=1S/C21H23N3O/c1-3-24(4-2)15-16-9-12-18(13-10-16)22-23-21-19-8-6-5-7-17(19)11-14-20(21)25/h5-14,25H,3-4,15H2,1-2H3. The summed E-state index contributed by atoms with van der Waals surface area (Å²) in [5, 5.41) is 20.6. The van der Waals surface area contributed by atoms with Crippen LogP contribution in [0.15, 0.2) is 70.9 Å². The number of fused-ring (bicyclic) bond motifs is 1. The largest absolute Gasteiger partial charge is 0.506 e. The van der Waals surface area contributed by atoms with Gasteiger partial charge in [-0.1, -0.05) is 56.3 Å². The van der Waals surface area contributed by atoms with Gasteiger partial charge >= 0.3 is 0 Å². The lowest BCUT2D eigenvalue weighted by molar-refractivity contribution is 0.296. The fourth-order valence-corrected chi connectivity index (χ4v) is 2.83. The van der Waals surface area contributed by atoms with Crippen LogP contribution in [0.1, 0.15) is 19.4 Å². The molecule has 0 amide bonds. The summed E-state index contributed by atoms with van der Waals surface area (Å²) in [5.41, 5.74) is 2.54. The smallest absolute Gasteiger partial charge is 0.143 e. The second-order valence-corrected chi connectivity index (χ2v) is 5.98. The Morgan fingerprint density at radius 3 is 2.28 bits per heavy atom. The maximum Gasteiger partial charge on any atom is 0.143 e. The van der Waals surface area contributed by atoms with Gasteiger partial charge in [-0.25, -0.2) is 0 Å². The van der Waals surface area contributed by atoms with Crippen LogP contribution in [0.3, 0.4) is 0 Å². The Labute approximate surface area is 148 Å². The van der Waals surface area contributed by atoms with Crippen LogP contribution in [0.5, 0.6) is 5.75 Å². The molecule has 1 N–H and O–H groups in total. The third kappa shape index (κ3) is 4.03. The minimum absolute atomic E-state index is 0.139. The lowest BCUT2D eigenvalue weighted by Gasteiger charge is -2.17. The molecule has 3 aromatic carbocycles. The molecule has 128 valence electrons. The first kappa shape index (κ1) is 17.1. The number of azo groups is 1. The van der Waals surface area contributed by atoms with Crippen molar-refractivity contribution in [3.05, 3.63) is 66.2 Å². The molecule has 0 bridgehead atoms. The molecule has 0 radical (unpaired) electrons. The van der Waals surface area contributed by atoms with E-state index in [1.165, 1.54) is 5.56 Å². The Morgan fingerprint density at radius 2 is 1.56 bits per heavy atom. The molecule has 4 heteroatoms. The van der Waals surface area contributed by atoms with Crippen LogP contribution >= 0.6 is 0 Å². The zero-order chi connectivity index (χ0) is 17.6. The number of rotatable bonds is 6. The van der Waals surface area contributed by atoms with Gasteiger partial charge in [0.25, 0.3) is 0 Å². The molecular weight excluding hydrogens is 310 g/mol. The average Bonchev–Trinajstić information content (AvgIpc) is 2.66. The van der Waals surface area contributed by atoms with Crippen LogP contribution in [0.2, 0.25) is 0 Å². The molecule has 0 atom stereocenters. The maximum atomic E-state index is 10.1. The first-order valence-electron chi connectivity index (χ1n) is 8.65. The first-order chi connectivity index (χ1) is 12.2. The summed E-state index contributed by atoms with van der Waals surface area (Å²) in [5.74, 6) is 0.139. The zero-order valence-corrected chi connectivity index (χ0v) is 14.7. The molecule has 0 aliphatic heterocycles. The normalized spacial score (nSPS) is 11.6. The van der Waals surface area contributed by atoms with Crippen molar-refractivity contribution in [2.75, 3.05) is 13.1 Å². The van der Waals surface area contributed by atoms with Gasteiger partial charge in [0, 0.05) is 11.9 Å². The maximum absolute atomic E-state index is 10.1. The van der Waals surface area contributed by atoms with E-state index in [4.69, 9.17) is 0 Å². The van der Waals surface area contributed by atoms with Crippen molar-refractivity contribution in [1.82, 2.24) is 4.90 Å². The second kappa shape index (κ2) is 7.90. The molecule has 4 nitrogen and oxygen atoms in total. The lowest BCUT2D eigenvalue weighted by Crippen LogP contribution is -2.21. The minimum Gasteiger partial charge on any atom is -0.506 e. The Bertz CT molecular complexity index is 868. The van der Waals surface area contributed by atoms with Crippen molar-refractivity contribution in [1.29, 1.82) is 0 Å². The van der Waals surface area contributed by atoms with Crippen molar-refractivity contribution >= 4 is 22.1 Å². The number of hydrogen-bond donors (Lipinski definition) is 1. The molecule has 0 aliphatic carbocycles. The van der Waals surface area contributed by atoms with Crippen molar-refractivity contribution in [3.63, 3.8) is 0 Å². The summed E-state index contributed by atoms with van der Waals surface area (Å²) in [6, 6.07) is 19.5. The third-order valence-corrected chi connectivity index (χ3v) is 4.38. The van der Waals surface area contributed by atoms with Gasteiger partial charge in [-0.15, -0.1) is 5.11 Å². The minimum atomic E-state index is 0.139. The van der Waals surface area contributed by atoms with Crippen LogP contribution < -0.4 is 0 Å². The Kier molecular flexibility index (Phi) is 5.41. The highest BCUT2D eigenvalue weighted by molar-refractivity contribution is 5.95. The summed E-state index contributed by atoms with van der Waals surface area (Å²) in [6.07, 6.45) is 0. The summed E-state index contributed by atoms with van der Waals surface area (Å²) >= 11 is 0. The van der Waals surface area contributed by atoms with Gasteiger partial charge in [0.15, 0.2) is 0 Å². The molecule has 3 aromatic rings. The highest BCUT2D eigenvalue weighted by Gasteiger charge is 2.06. The van der Waals surface area contributed by atoms with E-state index in [9.17, 15) is 5.11 Å².